The number of anilines is 1. The third-order valence-corrected chi connectivity index (χ3v) is 7.50. The molecule has 0 N–H and O–H groups in total. The van der Waals surface area contributed by atoms with Crippen LogP contribution in [0.3, 0.4) is 0 Å². The number of sulfonamides is 1. The molecule has 2 amide bonds. The lowest BCUT2D eigenvalue weighted by molar-refractivity contribution is -0.132. The molecule has 1 saturated heterocycles. The molecular formula is C26H24N2O6S. The summed E-state index contributed by atoms with van der Waals surface area (Å²) in [5.74, 6) is -1.38. The predicted octanol–water partition coefficient (Wildman–Crippen LogP) is 3.44. The molecule has 8 nitrogen and oxygen atoms in total. The molecule has 0 aromatic heterocycles. The lowest BCUT2D eigenvalue weighted by atomic mass is 10.1. The van der Waals surface area contributed by atoms with Crippen LogP contribution in [0, 0.1) is 6.92 Å². The van der Waals surface area contributed by atoms with Crippen molar-refractivity contribution >= 4 is 33.5 Å². The average Bonchev–Trinajstić information content (AvgIpc) is 3.12. The maximum atomic E-state index is 13.6. The predicted molar refractivity (Wildman–Crippen MR) is 129 cm³/mol. The molecule has 1 heterocycles. The fourth-order valence-corrected chi connectivity index (χ4v) is 5.50. The number of aryl methyl sites for hydroxylation is 1. The summed E-state index contributed by atoms with van der Waals surface area (Å²) in [6.07, 6.45) is -0.289. The topological polar surface area (TPSA) is 101 Å². The smallest absolute Gasteiger partial charge is 0.308 e. The number of nitrogens with zero attached hydrogens (tertiary/aromatic N) is 2. The molecule has 180 valence electrons. The van der Waals surface area contributed by atoms with Gasteiger partial charge in [0.25, 0.3) is 5.91 Å². The number of rotatable bonds is 7. The van der Waals surface area contributed by atoms with E-state index in [-0.39, 0.29) is 29.3 Å². The summed E-state index contributed by atoms with van der Waals surface area (Å²) in [5, 5.41) is 0. The normalized spacial score (nSPS) is 16.1. The van der Waals surface area contributed by atoms with Gasteiger partial charge >= 0.3 is 5.97 Å². The summed E-state index contributed by atoms with van der Waals surface area (Å²) in [6, 6.07) is 19.9. The van der Waals surface area contributed by atoms with Crippen LogP contribution in [0.25, 0.3) is 0 Å². The second-order valence-corrected chi connectivity index (χ2v) is 10.1. The second kappa shape index (κ2) is 9.81. The fourth-order valence-electron chi connectivity index (χ4n) is 3.91. The molecule has 1 aliphatic rings. The van der Waals surface area contributed by atoms with Crippen molar-refractivity contribution in [3.8, 4) is 5.75 Å². The number of esters is 1. The third-order valence-electron chi connectivity index (χ3n) is 5.64. The standard InChI is InChI=1S/C26H24N2O6S/c1-18-8-10-20(11-9-18)17-27(35(32,33)23-6-4-3-5-7-23)24-16-25(30)28(26(24)31)21-12-14-22(15-13-21)34-19(2)29/h3-15,24H,16-17H2,1-2H3. The highest BCUT2D eigenvalue weighted by Gasteiger charge is 2.47. The lowest BCUT2D eigenvalue weighted by Gasteiger charge is -2.27. The van der Waals surface area contributed by atoms with Crippen LogP contribution in [-0.4, -0.2) is 36.5 Å². The Labute approximate surface area is 203 Å². The summed E-state index contributed by atoms with van der Waals surface area (Å²) in [4.78, 5) is 38.5. The van der Waals surface area contributed by atoms with Crippen molar-refractivity contribution in [1.82, 2.24) is 4.31 Å². The van der Waals surface area contributed by atoms with Crippen LogP contribution in [0.5, 0.6) is 5.75 Å². The highest BCUT2D eigenvalue weighted by Crippen LogP contribution is 2.31. The summed E-state index contributed by atoms with van der Waals surface area (Å²) < 4.78 is 33.4. The average molecular weight is 493 g/mol. The van der Waals surface area contributed by atoms with Crippen LogP contribution < -0.4 is 9.64 Å². The van der Waals surface area contributed by atoms with E-state index in [2.05, 4.69) is 0 Å². The Kier molecular flexibility index (Phi) is 6.81. The molecule has 0 saturated carbocycles. The second-order valence-electron chi connectivity index (χ2n) is 8.22. The quantitative estimate of drug-likeness (QED) is 0.285. The number of ether oxygens (including phenoxy) is 1. The molecule has 1 unspecified atom stereocenters. The van der Waals surface area contributed by atoms with Crippen molar-refractivity contribution in [2.45, 2.75) is 37.8 Å². The number of amides is 2. The van der Waals surface area contributed by atoms with Crippen LogP contribution >= 0.6 is 0 Å². The van der Waals surface area contributed by atoms with E-state index in [0.717, 1.165) is 14.8 Å². The molecule has 4 rings (SSSR count). The maximum Gasteiger partial charge on any atom is 0.308 e. The number of hydrogen-bond acceptors (Lipinski definition) is 6. The molecule has 0 bridgehead atoms. The molecule has 1 aliphatic heterocycles. The lowest BCUT2D eigenvalue weighted by Crippen LogP contribution is -2.45. The molecule has 0 radical (unpaired) electrons. The van der Waals surface area contributed by atoms with Crippen LogP contribution in [0.2, 0.25) is 0 Å². The van der Waals surface area contributed by atoms with Gasteiger partial charge in [0.15, 0.2) is 0 Å². The SMILES string of the molecule is CC(=O)Oc1ccc(N2C(=O)CC(N(Cc3ccc(C)cc3)S(=O)(=O)c3ccccc3)C2=O)cc1. The third kappa shape index (κ3) is 5.16. The Hall–Kier alpha value is -3.82. The van der Waals surface area contributed by atoms with Gasteiger partial charge in [-0.15, -0.1) is 0 Å². The first-order chi connectivity index (χ1) is 16.7. The first-order valence-corrected chi connectivity index (χ1v) is 12.4. The van der Waals surface area contributed by atoms with E-state index >= 15 is 0 Å². The van der Waals surface area contributed by atoms with E-state index < -0.39 is 33.8 Å². The number of benzene rings is 3. The van der Waals surface area contributed by atoms with Crippen molar-refractivity contribution in [1.29, 1.82) is 0 Å². The van der Waals surface area contributed by atoms with Gasteiger partial charge in [-0.2, -0.15) is 4.31 Å². The van der Waals surface area contributed by atoms with E-state index in [0.29, 0.717) is 5.56 Å². The van der Waals surface area contributed by atoms with Gasteiger partial charge in [0.1, 0.15) is 11.8 Å². The Morgan fingerprint density at radius 2 is 1.60 bits per heavy atom. The molecule has 9 heteroatoms. The van der Waals surface area contributed by atoms with Gasteiger partial charge in [0, 0.05) is 13.5 Å². The van der Waals surface area contributed by atoms with E-state index in [1.54, 1.807) is 30.3 Å². The molecule has 0 aliphatic carbocycles. The van der Waals surface area contributed by atoms with E-state index in [9.17, 15) is 22.8 Å². The van der Waals surface area contributed by atoms with Crippen molar-refractivity contribution < 1.29 is 27.5 Å². The van der Waals surface area contributed by atoms with Crippen LogP contribution in [0.15, 0.2) is 83.8 Å². The zero-order valence-corrected chi connectivity index (χ0v) is 20.1. The molecular weight excluding hydrogens is 468 g/mol. The molecule has 0 spiro atoms. The van der Waals surface area contributed by atoms with E-state index in [1.165, 1.54) is 43.3 Å². The summed E-state index contributed by atoms with van der Waals surface area (Å²) in [6.45, 7) is 3.12. The Bertz CT molecular complexity index is 1350. The number of imide groups is 1. The zero-order chi connectivity index (χ0) is 25.2. The van der Waals surface area contributed by atoms with E-state index in [4.69, 9.17) is 4.74 Å². The van der Waals surface area contributed by atoms with E-state index in [1.807, 2.05) is 19.1 Å². The van der Waals surface area contributed by atoms with Gasteiger partial charge in [-0.1, -0.05) is 48.0 Å². The Balaban J connectivity index is 1.69. The van der Waals surface area contributed by atoms with Crippen LogP contribution in [0.4, 0.5) is 5.69 Å². The van der Waals surface area contributed by atoms with Crippen LogP contribution in [0.1, 0.15) is 24.5 Å². The monoisotopic (exact) mass is 492 g/mol. The van der Waals surface area contributed by atoms with Gasteiger partial charge in [0.2, 0.25) is 15.9 Å². The highest BCUT2D eigenvalue weighted by molar-refractivity contribution is 7.89. The maximum absolute atomic E-state index is 13.6. The Morgan fingerprint density at radius 1 is 0.971 bits per heavy atom. The highest BCUT2D eigenvalue weighted by atomic mass is 32.2. The van der Waals surface area contributed by atoms with Crippen molar-refractivity contribution in [2.24, 2.45) is 0 Å². The first-order valence-electron chi connectivity index (χ1n) is 10.9. The van der Waals surface area contributed by atoms with Gasteiger partial charge in [-0.3, -0.25) is 14.4 Å². The van der Waals surface area contributed by atoms with Gasteiger partial charge < -0.3 is 4.74 Å². The molecule has 1 atom stereocenters. The molecule has 1 fully saturated rings. The van der Waals surface area contributed by atoms with Crippen molar-refractivity contribution in [2.75, 3.05) is 4.90 Å². The summed E-state index contributed by atoms with van der Waals surface area (Å²) >= 11 is 0. The number of carbonyl (C=O) groups is 3. The van der Waals surface area contributed by atoms with Gasteiger partial charge in [0.05, 0.1) is 17.0 Å². The molecule has 3 aromatic carbocycles. The minimum atomic E-state index is -4.10. The summed E-state index contributed by atoms with van der Waals surface area (Å²) in [7, 11) is -4.10. The molecule has 3 aromatic rings. The van der Waals surface area contributed by atoms with Crippen molar-refractivity contribution in [3.63, 3.8) is 0 Å². The largest absolute Gasteiger partial charge is 0.427 e. The Morgan fingerprint density at radius 3 is 2.20 bits per heavy atom. The minimum absolute atomic E-state index is 0.0385. The first kappa shape index (κ1) is 24.3. The van der Waals surface area contributed by atoms with Crippen molar-refractivity contribution in [3.05, 3.63) is 90.0 Å². The number of hydrogen-bond donors (Lipinski definition) is 0. The van der Waals surface area contributed by atoms with Gasteiger partial charge in [-0.05, 0) is 48.9 Å². The number of carbonyl (C=O) groups excluding carboxylic acids is 3. The summed E-state index contributed by atoms with van der Waals surface area (Å²) in [5.41, 5.74) is 1.98. The van der Waals surface area contributed by atoms with Crippen LogP contribution in [-0.2, 0) is 31.0 Å². The molecule has 35 heavy (non-hydrogen) atoms. The minimum Gasteiger partial charge on any atom is -0.427 e. The fraction of sp³-hybridized carbons (Fsp3) is 0.192. The van der Waals surface area contributed by atoms with Gasteiger partial charge in [-0.25, -0.2) is 13.3 Å². The zero-order valence-electron chi connectivity index (χ0n) is 19.2.